The van der Waals surface area contributed by atoms with Crippen molar-refractivity contribution in [1.82, 2.24) is 10.2 Å². The van der Waals surface area contributed by atoms with Crippen LogP contribution >= 0.6 is 11.3 Å². The van der Waals surface area contributed by atoms with Gasteiger partial charge in [-0.3, -0.25) is 4.90 Å². The third-order valence-electron chi connectivity index (χ3n) is 4.20. The van der Waals surface area contributed by atoms with Crippen molar-refractivity contribution in [1.29, 1.82) is 0 Å². The predicted octanol–water partition coefficient (Wildman–Crippen LogP) is 4.65. The Morgan fingerprint density at radius 3 is 2.43 bits per heavy atom. The number of hydrogen-bond acceptors (Lipinski definition) is 3. The Kier molecular flexibility index (Phi) is 6.72. The number of nitrogens with zero attached hydrogens (tertiary/aromatic N) is 1. The number of rotatable bonds is 8. The van der Waals surface area contributed by atoms with Gasteiger partial charge in [0.25, 0.3) is 0 Å². The van der Waals surface area contributed by atoms with E-state index in [9.17, 15) is 0 Å². The molecule has 0 amide bonds. The van der Waals surface area contributed by atoms with Gasteiger partial charge < -0.3 is 5.32 Å². The first kappa shape index (κ1) is 17.0. The maximum Gasteiger partial charge on any atom is 0.0331 e. The van der Waals surface area contributed by atoms with Crippen molar-refractivity contribution in [2.75, 3.05) is 6.54 Å². The Morgan fingerprint density at radius 1 is 1.14 bits per heavy atom. The third-order valence-corrected chi connectivity index (χ3v) is 5.27. The van der Waals surface area contributed by atoms with Crippen molar-refractivity contribution in [2.24, 2.45) is 5.92 Å². The highest BCUT2D eigenvalue weighted by Crippen LogP contribution is 2.27. The molecule has 1 aromatic rings. The number of thiophene rings is 1. The Hall–Kier alpha value is -0.380. The molecule has 1 saturated carbocycles. The molecule has 0 atom stereocenters. The molecule has 1 fully saturated rings. The lowest BCUT2D eigenvalue weighted by Crippen LogP contribution is -2.35. The summed E-state index contributed by atoms with van der Waals surface area (Å²) < 4.78 is 0. The largest absolute Gasteiger partial charge is 0.310 e. The summed E-state index contributed by atoms with van der Waals surface area (Å²) in [5, 5.41) is 3.51. The minimum atomic E-state index is 0.562. The summed E-state index contributed by atoms with van der Waals surface area (Å²) in [5.74, 6) is 0.757. The summed E-state index contributed by atoms with van der Waals surface area (Å²) >= 11 is 1.98. The van der Waals surface area contributed by atoms with E-state index in [4.69, 9.17) is 0 Å². The maximum atomic E-state index is 3.51. The van der Waals surface area contributed by atoms with Crippen molar-refractivity contribution >= 4 is 11.3 Å². The first-order chi connectivity index (χ1) is 10.0. The van der Waals surface area contributed by atoms with E-state index in [-0.39, 0.29) is 0 Å². The Morgan fingerprint density at radius 2 is 1.81 bits per heavy atom. The molecule has 0 spiro atoms. The first-order valence-electron chi connectivity index (χ1n) is 8.59. The summed E-state index contributed by atoms with van der Waals surface area (Å²) in [6.07, 6.45) is 5.65. The topological polar surface area (TPSA) is 15.3 Å². The van der Waals surface area contributed by atoms with Gasteiger partial charge in [0.05, 0.1) is 0 Å². The van der Waals surface area contributed by atoms with E-state index in [1.54, 1.807) is 0 Å². The van der Waals surface area contributed by atoms with Gasteiger partial charge in [0, 0.05) is 41.5 Å². The van der Waals surface area contributed by atoms with Crippen molar-refractivity contribution in [2.45, 2.75) is 78.6 Å². The molecule has 3 heteroatoms. The van der Waals surface area contributed by atoms with Gasteiger partial charge in [0.1, 0.15) is 0 Å². The van der Waals surface area contributed by atoms with Crippen molar-refractivity contribution in [3.63, 3.8) is 0 Å². The Balaban J connectivity index is 1.92. The van der Waals surface area contributed by atoms with Crippen LogP contribution in [0, 0.1) is 5.92 Å². The summed E-state index contributed by atoms with van der Waals surface area (Å²) in [4.78, 5) is 5.74. The average Bonchev–Trinajstić information content (AvgIpc) is 3.06. The quantitative estimate of drug-likeness (QED) is 0.752. The molecule has 120 valence electrons. The molecule has 0 unspecified atom stereocenters. The van der Waals surface area contributed by atoms with Crippen LogP contribution in [0.3, 0.4) is 0 Å². The molecule has 1 heterocycles. The molecule has 2 rings (SSSR count). The highest BCUT2D eigenvalue weighted by atomic mass is 32.1. The van der Waals surface area contributed by atoms with Crippen LogP contribution in [0.4, 0.5) is 0 Å². The van der Waals surface area contributed by atoms with E-state index in [1.165, 1.54) is 42.0 Å². The molecule has 1 aliphatic carbocycles. The van der Waals surface area contributed by atoms with E-state index in [2.05, 4.69) is 50.0 Å². The van der Waals surface area contributed by atoms with Gasteiger partial charge in [-0.2, -0.15) is 0 Å². The molecule has 0 aliphatic heterocycles. The summed E-state index contributed by atoms with van der Waals surface area (Å²) in [6.45, 7) is 12.5. The smallest absolute Gasteiger partial charge is 0.0331 e. The van der Waals surface area contributed by atoms with Gasteiger partial charge in [-0.25, -0.2) is 0 Å². The second kappa shape index (κ2) is 8.30. The molecular weight excluding hydrogens is 276 g/mol. The lowest BCUT2D eigenvalue weighted by atomic mass is 10.1. The fourth-order valence-corrected chi connectivity index (χ4v) is 4.18. The van der Waals surface area contributed by atoms with Crippen molar-refractivity contribution < 1.29 is 0 Å². The van der Waals surface area contributed by atoms with Gasteiger partial charge in [-0.1, -0.05) is 40.5 Å². The van der Waals surface area contributed by atoms with E-state index in [1.807, 2.05) is 11.3 Å². The fraction of sp³-hybridized carbons (Fsp3) is 0.778. The average molecular weight is 309 g/mol. The summed E-state index contributed by atoms with van der Waals surface area (Å²) in [6, 6.07) is 6.03. The second-order valence-corrected chi connectivity index (χ2v) is 8.42. The van der Waals surface area contributed by atoms with Crippen LogP contribution in [0.5, 0.6) is 0 Å². The minimum absolute atomic E-state index is 0.562. The molecule has 0 aromatic carbocycles. The van der Waals surface area contributed by atoms with Gasteiger partial charge >= 0.3 is 0 Å². The molecule has 21 heavy (non-hydrogen) atoms. The van der Waals surface area contributed by atoms with Gasteiger partial charge in [0.15, 0.2) is 0 Å². The van der Waals surface area contributed by atoms with Crippen LogP contribution in [0.15, 0.2) is 12.1 Å². The van der Waals surface area contributed by atoms with Crippen LogP contribution in [-0.4, -0.2) is 23.5 Å². The molecule has 1 aliphatic rings. The van der Waals surface area contributed by atoms with Crippen LogP contribution in [0.2, 0.25) is 0 Å². The van der Waals surface area contributed by atoms with Crippen molar-refractivity contribution in [3.05, 3.63) is 21.9 Å². The summed E-state index contributed by atoms with van der Waals surface area (Å²) in [5.41, 5.74) is 0. The predicted molar refractivity (Wildman–Crippen MR) is 93.8 cm³/mol. The monoisotopic (exact) mass is 308 g/mol. The Bertz CT molecular complexity index is 405. The van der Waals surface area contributed by atoms with Gasteiger partial charge in [0.2, 0.25) is 0 Å². The van der Waals surface area contributed by atoms with E-state index >= 15 is 0 Å². The van der Waals surface area contributed by atoms with Crippen LogP contribution in [0.1, 0.15) is 63.1 Å². The normalized spacial score (nSPS) is 16.7. The van der Waals surface area contributed by atoms with Gasteiger partial charge in [-0.15, -0.1) is 11.3 Å². The van der Waals surface area contributed by atoms with Crippen molar-refractivity contribution in [3.8, 4) is 0 Å². The zero-order chi connectivity index (χ0) is 15.2. The zero-order valence-corrected chi connectivity index (χ0v) is 15.0. The number of hydrogen-bond donors (Lipinski definition) is 1. The second-order valence-electron chi connectivity index (χ2n) is 7.17. The Labute approximate surface area is 134 Å². The fourth-order valence-electron chi connectivity index (χ4n) is 3.19. The van der Waals surface area contributed by atoms with Crippen LogP contribution in [0.25, 0.3) is 0 Å². The minimum Gasteiger partial charge on any atom is -0.310 e. The SMILES string of the molecule is CC(C)CN(Cc1ccc(CNC(C)C)s1)C1CCCC1. The molecule has 2 nitrogen and oxygen atoms in total. The molecule has 1 N–H and O–H groups in total. The highest BCUT2D eigenvalue weighted by Gasteiger charge is 2.23. The van der Waals surface area contributed by atoms with Gasteiger partial charge in [-0.05, 0) is 30.9 Å². The zero-order valence-electron chi connectivity index (χ0n) is 14.2. The van der Waals surface area contributed by atoms with E-state index < -0.39 is 0 Å². The molecule has 0 radical (unpaired) electrons. The maximum absolute atomic E-state index is 3.51. The molecule has 0 saturated heterocycles. The third kappa shape index (κ3) is 5.72. The summed E-state index contributed by atoms with van der Waals surface area (Å²) in [7, 11) is 0. The number of nitrogens with one attached hydrogen (secondary N) is 1. The molecule has 1 aromatic heterocycles. The highest BCUT2D eigenvalue weighted by molar-refractivity contribution is 7.11. The molecule has 0 bridgehead atoms. The van der Waals surface area contributed by atoms with E-state index in [0.29, 0.717) is 6.04 Å². The van der Waals surface area contributed by atoms with Crippen LogP contribution < -0.4 is 5.32 Å². The standard InChI is InChI=1S/C18H32N2S/c1-14(2)12-20(16-7-5-6-8-16)13-18-10-9-17(21-18)11-19-15(3)4/h9-10,14-16,19H,5-8,11-13H2,1-4H3. The molecular formula is C18H32N2S. The first-order valence-corrected chi connectivity index (χ1v) is 9.41. The lowest BCUT2D eigenvalue weighted by molar-refractivity contribution is 0.170. The lowest BCUT2D eigenvalue weighted by Gasteiger charge is -2.30. The van der Waals surface area contributed by atoms with Crippen LogP contribution in [-0.2, 0) is 13.1 Å². The van der Waals surface area contributed by atoms with E-state index in [0.717, 1.165) is 25.0 Å².